The van der Waals surface area contributed by atoms with Gasteiger partial charge in [-0.05, 0) is 75.7 Å². The Morgan fingerprint density at radius 3 is 2.67 bits per heavy atom. The Bertz CT molecular complexity index is 1290. The van der Waals surface area contributed by atoms with Gasteiger partial charge in [0.15, 0.2) is 11.5 Å². The van der Waals surface area contributed by atoms with Crippen LogP contribution in [0.25, 0.3) is 10.8 Å². The molecular formula is C26H22IN3O3. The highest BCUT2D eigenvalue weighted by Gasteiger charge is 2.13. The zero-order valence-electron chi connectivity index (χ0n) is 18.0. The van der Waals surface area contributed by atoms with Crippen molar-refractivity contribution in [3.8, 4) is 11.5 Å². The van der Waals surface area contributed by atoms with Gasteiger partial charge in [-0.1, -0.05) is 42.5 Å². The number of aromatic nitrogens is 1. The van der Waals surface area contributed by atoms with Crippen molar-refractivity contribution in [1.29, 1.82) is 0 Å². The van der Waals surface area contributed by atoms with Crippen molar-refractivity contribution in [2.24, 2.45) is 5.10 Å². The monoisotopic (exact) mass is 551 g/mol. The minimum absolute atomic E-state index is 0.302. The summed E-state index contributed by atoms with van der Waals surface area (Å²) < 4.78 is 13.0. The van der Waals surface area contributed by atoms with Crippen LogP contribution in [0.1, 0.15) is 28.4 Å². The molecule has 1 aromatic heterocycles. The molecule has 6 nitrogen and oxygen atoms in total. The third kappa shape index (κ3) is 5.67. The average molecular weight is 551 g/mol. The lowest BCUT2D eigenvalue weighted by Crippen LogP contribution is -2.17. The number of ether oxygens (including phenoxy) is 2. The summed E-state index contributed by atoms with van der Waals surface area (Å²) in [6.07, 6.45) is 4.71. The second-order valence-electron chi connectivity index (χ2n) is 7.12. The van der Waals surface area contributed by atoms with E-state index in [4.69, 9.17) is 9.47 Å². The predicted octanol–water partition coefficient (Wildman–Crippen LogP) is 5.58. The van der Waals surface area contributed by atoms with E-state index in [1.165, 1.54) is 10.8 Å². The predicted molar refractivity (Wildman–Crippen MR) is 138 cm³/mol. The van der Waals surface area contributed by atoms with Crippen LogP contribution >= 0.6 is 22.6 Å². The van der Waals surface area contributed by atoms with E-state index in [0.717, 1.165) is 14.7 Å². The molecule has 4 aromatic rings. The number of rotatable bonds is 8. The minimum Gasteiger partial charge on any atom is -0.490 e. The van der Waals surface area contributed by atoms with Gasteiger partial charge in [0, 0.05) is 18.0 Å². The number of amides is 1. The fourth-order valence-electron chi connectivity index (χ4n) is 3.37. The second kappa shape index (κ2) is 10.9. The highest BCUT2D eigenvalue weighted by atomic mass is 127. The van der Waals surface area contributed by atoms with Crippen LogP contribution in [-0.2, 0) is 6.61 Å². The first-order valence-electron chi connectivity index (χ1n) is 10.4. The van der Waals surface area contributed by atoms with Gasteiger partial charge in [0.1, 0.15) is 6.61 Å². The van der Waals surface area contributed by atoms with Crippen LogP contribution in [0.15, 0.2) is 84.2 Å². The van der Waals surface area contributed by atoms with E-state index in [0.29, 0.717) is 30.3 Å². The molecule has 1 amide bonds. The quantitative estimate of drug-likeness (QED) is 0.176. The van der Waals surface area contributed by atoms with Gasteiger partial charge in [0.2, 0.25) is 0 Å². The molecule has 0 aliphatic heterocycles. The summed E-state index contributed by atoms with van der Waals surface area (Å²) in [7, 11) is 0. The Morgan fingerprint density at radius 2 is 1.85 bits per heavy atom. The maximum absolute atomic E-state index is 12.1. The fraction of sp³-hybridized carbons (Fsp3) is 0.115. The Morgan fingerprint density at radius 1 is 1.06 bits per heavy atom. The van der Waals surface area contributed by atoms with Gasteiger partial charge in [0.25, 0.3) is 5.91 Å². The molecule has 0 saturated carbocycles. The van der Waals surface area contributed by atoms with Gasteiger partial charge in [-0.3, -0.25) is 9.78 Å². The average Bonchev–Trinajstić information content (AvgIpc) is 2.84. The number of carbonyl (C=O) groups excluding carboxylic acids is 1. The zero-order chi connectivity index (χ0) is 23.0. The Hall–Kier alpha value is -3.46. The number of pyridine rings is 1. The molecule has 0 atom stereocenters. The maximum Gasteiger partial charge on any atom is 0.271 e. The number of halogens is 1. The highest BCUT2D eigenvalue weighted by molar-refractivity contribution is 14.1. The first-order chi connectivity index (χ1) is 16.2. The number of hydrogen-bond donors (Lipinski definition) is 1. The maximum atomic E-state index is 12.1. The van der Waals surface area contributed by atoms with Crippen molar-refractivity contribution >= 4 is 45.5 Å². The molecule has 0 saturated heterocycles. The summed E-state index contributed by atoms with van der Waals surface area (Å²) in [5.41, 5.74) is 4.91. The van der Waals surface area contributed by atoms with Crippen LogP contribution in [0.4, 0.5) is 0 Å². The van der Waals surface area contributed by atoms with E-state index >= 15 is 0 Å². The molecule has 1 N–H and O–H groups in total. The van der Waals surface area contributed by atoms with E-state index in [2.05, 4.69) is 62.4 Å². The van der Waals surface area contributed by atoms with E-state index in [1.807, 2.05) is 37.3 Å². The molecule has 3 aromatic carbocycles. The van der Waals surface area contributed by atoms with Gasteiger partial charge in [-0.15, -0.1) is 0 Å². The Kier molecular flexibility index (Phi) is 7.51. The number of benzene rings is 3. The SMILES string of the molecule is CCOc1cc(/C=N\NC(=O)c2ccncc2)cc(I)c1OCc1cccc2ccccc12. The molecule has 1 heterocycles. The van der Waals surface area contributed by atoms with Gasteiger partial charge in [0.05, 0.1) is 16.4 Å². The normalized spacial score (nSPS) is 11.0. The van der Waals surface area contributed by atoms with Gasteiger partial charge in [-0.2, -0.15) is 5.10 Å². The standard InChI is InChI=1S/C26H22IN3O3/c1-2-32-24-15-18(16-29-30-26(31)20-10-12-28-13-11-20)14-23(27)25(24)33-17-21-8-5-7-19-6-3-4-9-22(19)21/h3-16H,2,17H2,1H3,(H,30,31)/b29-16-. The molecule has 0 aliphatic carbocycles. The lowest BCUT2D eigenvalue weighted by Gasteiger charge is -2.15. The highest BCUT2D eigenvalue weighted by Crippen LogP contribution is 2.35. The second-order valence-corrected chi connectivity index (χ2v) is 8.29. The van der Waals surface area contributed by atoms with Crippen molar-refractivity contribution in [1.82, 2.24) is 10.4 Å². The third-order valence-corrected chi connectivity index (χ3v) is 5.71. The van der Waals surface area contributed by atoms with Crippen LogP contribution in [0.5, 0.6) is 11.5 Å². The fourth-order valence-corrected chi connectivity index (χ4v) is 4.15. The molecule has 0 spiro atoms. The van der Waals surface area contributed by atoms with Crippen molar-refractivity contribution in [2.75, 3.05) is 6.61 Å². The first kappa shape index (κ1) is 22.7. The molecule has 0 unspecified atom stereocenters. The molecule has 33 heavy (non-hydrogen) atoms. The van der Waals surface area contributed by atoms with Crippen molar-refractivity contribution < 1.29 is 14.3 Å². The summed E-state index contributed by atoms with van der Waals surface area (Å²) in [4.78, 5) is 16.0. The van der Waals surface area contributed by atoms with E-state index < -0.39 is 0 Å². The van der Waals surface area contributed by atoms with Crippen molar-refractivity contribution in [3.63, 3.8) is 0 Å². The molecule has 0 fully saturated rings. The number of hydrazone groups is 1. The van der Waals surface area contributed by atoms with Crippen molar-refractivity contribution in [2.45, 2.75) is 13.5 Å². The van der Waals surface area contributed by atoms with Gasteiger partial charge < -0.3 is 9.47 Å². The molecule has 0 bridgehead atoms. The Balaban J connectivity index is 1.51. The van der Waals surface area contributed by atoms with E-state index in [9.17, 15) is 4.79 Å². The molecule has 0 aliphatic rings. The summed E-state index contributed by atoms with van der Waals surface area (Å²) in [6, 6.07) is 21.5. The molecule has 7 heteroatoms. The van der Waals surface area contributed by atoms with Crippen LogP contribution in [0.2, 0.25) is 0 Å². The van der Waals surface area contributed by atoms with Crippen LogP contribution in [0, 0.1) is 3.57 Å². The van der Waals surface area contributed by atoms with E-state index in [-0.39, 0.29) is 5.91 Å². The largest absolute Gasteiger partial charge is 0.490 e. The topological polar surface area (TPSA) is 72.8 Å². The van der Waals surface area contributed by atoms with E-state index in [1.54, 1.807) is 30.7 Å². The van der Waals surface area contributed by atoms with Crippen LogP contribution in [0.3, 0.4) is 0 Å². The summed E-state index contributed by atoms with van der Waals surface area (Å²) in [6.45, 7) is 2.85. The van der Waals surface area contributed by atoms with Gasteiger partial charge in [-0.25, -0.2) is 5.43 Å². The summed E-state index contributed by atoms with van der Waals surface area (Å²) in [5.74, 6) is 1.01. The smallest absolute Gasteiger partial charge is 0.271 e. The zero-order valence-corrected chi connectivity index (χ0v) is 20.2. The third-order valence-electron chi connectivity index (χ3n) is 4.91. The minimum atomic E-state index is -0.302. The number of fused-ring (bicyclic) bond motifs is 1. The van der Waals surface area contributed by atoms with Gasteiger partial charge >= 0.3 is 0 Å². The lowest BCUT2D eigenvalue weighted by atomic mass is 10.1. The van der Waals surface area contributed by atoms with Crippen molar-refractivity contribution in [3.05, 3.63) is 99.4 Å². The lowest BCUT2D eigenvalue weighted by molar-refractivity contribution is 0.0955. The number of carbonyl (C=O) groups is 1. The number of nitrogens with one attached hydrogen (secondary N) is 1. The number of nitrogens with zero attached hydrogens (tertiary/aromatic N) is 2. The van der Waals surface area contributed by atoms with Crippen LogP contribution in [-0.4, -0.2) is 23.7 Å². The Labute approximate surface area is 205 Å². The first-order valence-corrected chi connectivity index (χ1v) is 11.5. The summed E-state index contributed by atoms with van der Waals surface area (Å²) in [5, 5.41) is 6.42. The molecule has 166 valence electrons. The summed E-state index contributed by atoms with van der Waals surface area (Å²) >= 11 is 2.23. The molecular weight excluding hydrogens is 529 g/mol. The molecule has 4 rings (SSSR count). The number of hydrogen-bond acceptors (Lipinski definition) is 5. The molecule has 0 radical (unpaired) electrons. The van der Waals surface area contributed by atoms with Crippen LogP contribution < -0.4 is 14.9 Å².